The first-order valence-corrected chi connectivity index (χ1v) is 10.6. The number of fused-ring (bicyclic) bond motifs is 1. The zero-order chi connectivity index (χ0) is 20.1. The number of piperidine rings is 1. The van der Waals surface area contributed by atoms with Crippen LogP contribution in [0.5, 0.6) is 5.75 Å². The predicted octanol–water partition coefficient (Wildman–Crippen LogP) is 3.67. The lowest BCUT2D eigenvalue weighted by Gasteiger charge is -2.26. The van der Waals surface area contributed by atoms with Gasteiger partial charge in [0.25, 0.3) is 11.8 Å². The topological polar surface area (TPSA) is 49.9 Å². The average Bonchev–Trinajstić information content (AvgIpc) is 3.00. The molecule has 0 saturated carbocycles. The summed E-state index contributed by atoms with van der Waals surface area (Å²) in [6.45, 7) is 3.12. The molecule has 2 heterocycles. The fourth-order valence-electron chi connectivity index (χ4n) is 4.13. The number of rotatable bonds is 4. The lowest BCUT2D eigenvalue weighted by Crippen LogP contribution is -2.38. The van der Waals surface area contributed by atoms with E-state index in [1.807, 2.05) is 15.9 Å². The number of carbonyl (C=O) groups excluding carboxylic acids is 2. The van der Waals surface area contributed by atoms with Gasteiger partial charge in [0.2, 0.25) is 0 Å². The highest BCUT2D eigenvalue weighted by atomic mass is 16.5. The quantitative estimate of drug-likeness (QED) is 0.798. The Kier molecular flexibility index (Phi) is 6.13. The van der Waals surface area contributed by atoms with Crippen molar-refractivity contribution in [2.24, 2.45) is 0 Å². The summed E-state index contributed by atoms with van der Waals surface area (Å²) in [4.78, 5) is 29.0. The molecule has 2 aromatic carbocycles. The van der Waals surface area contributed by atoms with Crippen LogP contribution >= 0.6 is 0 Å². The highest BCUT2D eigenvalue weighted by molar-refractivity contribution is 5.94. The fourth-order valence-corrected chi connectivity index (χ4v) is 4.13. The van der Waals surface area contributed by atoms with Crippen molar-refractivity contribution in [1.82, 2.24) is 9.80 Å². The molecule has 0 radical (unpaired) electrons. The molecular weight excluding hydrogens is 364 g/mol. The van der Waals surface area contributed by atoms with E-state index in [1.54, 1.807) is 24.3 Å². The second-order valence-electron chi connectivity index (χ2n) is 7.85. The predicted molar refractivity (Wildman–Crippen MR) is 112 cm³/mol. The number of ether oxygens (including phenoxy) is 1. The van der Waals surface area contributed by atoms with E-state index in [1.165, 1.54) is 17.5 Å². The monoisotopic (exact) mass is 392 g/mol. The van der Waals surface area contributed by atoms with Crippen LogP contribution in [-0.2, 0) is 17.8 Å². The third-order valence-corrected chi connectivity index (χ3v) is 5.81. The Morgan fingerprint density at radius 3 is 2.24 bits per heavy atom. The smallest absolute Gasteiger partial charge is 0.260 e. The molecule has 1 fully saturated rings. The third-order valence-electron chi connectivity index (χ3n) is 5.81. The van der Waals surface area contributed by atoms with Crippen LogP contribution in [0.25, 0.3) is 0 Å². The van der Waals surface area contributed by atoms with Crippen LogP contribution in [0.15, 0.2) is 48.5 Å². The number of likely N-dealkylation sites (tertiary alicyclic amines) is 1. The van der Waals surface area contributed by atoms with E-state index in [4.69, 9.17) is 4.74 Å². The summed E-state index contributed by atoms with van der Waals surface area (Å²) in [5.74, 6) is 0.693. The van der Waals surface area contributed by atoms with Crippen molar-refractivity contribution in [3.63, 3.8) is 0 Å². The van der Waals surface area contributed by atoms with Crippen molar-refractivity contribution in [1.29, 1.82) is 0 Å². The molecule has 0 aromatic heterocycles. The van der Waals surface area contributed by atoms with Crippen LogP contribution in [0.3, 0.4) is 0 Å². The Balaban J connectivity index is 1.35. The van der Waals surface area contributed by atoms with Crippen LogP contribution in [0.4, 0.5) is 0 Å². The van der Waals surface area contributed by atoms with E-state index < -0.39 is 0 Å². The van der Waals surface area contributed by atoms with Gasteiger partial charge in [-0.15, -0.1) is 0 Å². The summed E-state index contributed by atoms with van der Waals surface area (Å²) in [6, 6.07) is 15.5. The Bertz CT molecular complexity index is 857. The summed E-state index contributed by atoms with van der Waals surface area (Å²) in [5.41, 5.74) is 3.22. The zero-order valence-corrected chi connectivity index (χ0v) is 16.8. The Hall–Kier alpha value is -2.82. The maximum atomic E-state index is 13.0. The molecule has 152 valence electrons. The lowest BCUT2D eigenvalue weighted by atomic mass is 10.0. The standard InChI is InChI=1S/C24H28N2O3/c27-23(25-14-4-1-5-15-25)18-29-22-12-10-20(11-13-22)24(28)26-16-6-9-19-7-2-3-8-21(19)17-26/h2-3,7-8,10-13H,1,4-6,9,14-18H2. The second-order valence-corrected chi connectivity index (χ2v) is 7.85. The first kappa shape index (κ1) is 19.5. The van der Waals surface area contributed by atoms with Crippen molar-refractivity contribution in [3.05, 3.63) is 65.2 Å². The van der Waals surface area contributed by atoms with Gasteiger partial charge in [-0.2, -0.15) is 0 Å². The molecule has 0 bridgehead atoms. The average molecular weight is 392 g/mol. The summed E-state index contributed by atoms with van der Waals surface area (Å²) in [7, 11) is 0. The highest BCUT2D eigenvalue weighted by Gasteiger charge is 2.20. The van der Waals surface area contributed by atoms with Gasteiger partial charge in [-0.05, 0) is 67.5 Å². The number of hydrogen-bond donors (Lipinski definition) is 0. The summed E-state index contributed by atoms with van der Waals surface area (Å²) in [5, 5.41) is 0. The Morgan fingerprint density at radius 2 is 1.48 bits per heavy atom. The van der Waals surface area contributed by atoms with Crippen molar-refractivity contribution in [2.45, 2.75) is 38.6 Å². The molecule has 0 atom stereocenters. The molecule has 4 rings (SSSR count). The molecule has 0 unspecified atom stereocenters. The molecule has 2 amide bonds. The minimum Gasteiger partial charge on any atom is -0.484 e. The van der Waals surface area contributed by atoms with Gasteiger partial charge >= 0.3 is 0 Å². The summed E-state index contributed by atoms with van der Waals surface area (Å²) in [6.07, 6.45) is 5.33. The maximum Gasteiger partial charge on any atom is 0.260 e. The molecule has 0 N–H and O–H groups in total. The SMILES string of the molecule is O=C(COc1ccc(C(=O)N2CCCc3ccccc3C2)cc1)N1CCCCC1. The molecule has 0 spiro atoms. The normalized spacial score (nSPS) is 16.7. The first-order chi connectivity index (χ1) is 14.2. The van der Waals surface area contributed by atoms with Gasteiger partial charge in [0, 0.05) is 31.7 Å². The van der Waals surface area contributed by atoms with Crippen molar-refractivity contribution in [2.75, 3.05) is 26.2 Å². The molecule has 2 aromatic rings. The third kappa shape index (κ3) is 4.78. The van der Waals surface area contributed by atoms with E-state index >= 15 is 0 Å². The number of aryl methyl sites for hydroxylation is 1. The first-order valence-electron chi connectivity index (χ1n) is 10.6. The van der Waals surface area contributed by atoms with Gasteiger partial charge in [-0.25, -0.2) is 0 Å². The van der Waals surface area contributed by atoms with E-state index in [9.17, 15) is 9.59 Å². The molecule has 2 aliphatic heterocycles. The molecule has 5 heteroatoms. The van der Waals surface area contributed by atoms with Crippen molar-refractivity contribution in [3.8, 4) is 5.75 Å². The van der Waals surface area contributed by atoms with E-state index in [0.717, 1.165) is 45.3 Å². The van der Waals surface area contributed by atoms with Gasteiger partial charge in [0.1, 0.15) is 5.75 Å². The van der Waals surface area contributed by atoms with E-state index in [2.05, 4.69) is 18.2 Å². The molecule has 29 heavy (non-hydrogen) atoms. The molecule has 2 aliphatic rings. The summed E-state index contributed by atoms with van der Waals surface area (Å²) >= 11 is 0. The molecule has 5 nitrogen and oxygen atoms in total. The van der Waals surface area contributed by atoms with Crippen LogP contribution in [0.2, 0.25) is 0 Å². The molecule has 0 aliphatic carbocycles. The molecule has 1 saturated heterocycles. The van der Waals surface area contributed by atoms with Crippen molar-refractivity contribution < 1.29 is 14.3 Å². The number of benzene rings is 2. The zero-order valence-electron chi connectivity index (χ0n) is 16.8. The minimum absolute atomic E-state index is 0.0353. The summed E-state index contributed by atoms with van der Waals surface area (Å²) < 4.78 is 5.65. The van der Waals surface area contributed by atoms with Crippen LogP contribution in [-0.4, -0.2) is 47.9 Å². The number of nitrogens with zero attached hydrogens (tertiary/aromatic N) is 2. The number of amides is 2. The van der Waals surface area contributed by atoms with Gasteiger partial charge in [0.15, 0.2) is 6.61 Å². The van der Waals surface area contributed by atoms with Crippen molar-refractivity contribution >= 4 is 11.8 Å². The maximum absolute atomic E-state index is 13.0. The molecular formula is C24H28N2O3. The lowest BCUT2D eigenvalue weighted by molar-refractivity contribution is -0.134. The van der Waals surface area contributed by atoms with Crippen LogP contribution in [0, 0.1) is 0 Å². The van der Waals surface area contributed by atoms with Gasteiger partial charge in [-0.3, -0.25) is 9.59 Å². The van der Waals surface area contributed by atoms with Gasteiger partial charge in [-0.1, -0.05) is 24.3 Å². The Morgan fingerprint density at radius 1 is 0.793 bits per heavy atom. The minimum atomic E-state index is 0.0353. The number of carbonyl (C=O) groups is 2. The number of hydrogen-bond acceptors (Lipinski definition) is 3. The van der Waals surface area contributed by atoms with E-state index in [-0.39, 0.29) is 18.4 Å². The highest BCUT2D eigenvalue weighted by Crippen LogP contribution is 2.21. The fraction of sp³-hybridized carbons (Fsp3) is 0.417. The van der Waals surface area contributed by atoms with E-state index in [0.29, 0.717) is 17.9 Å². The van der Waals surface area contributed by atoms with Crippen LogP contribution in [0.1, 0.15) is 47.2 Å². The largest absolute Gasteiger partial charge is 0.484 e. The van der Waals surface area contributed by atoms with Crippen LogP contribution < -0.4 is 4.74 Å². The second kappa shape index (κ2) is 9.12. The van der Waals surface area contributed by atoms with Gasteiger partial charge < -0.3 is 14.5 Å². The van der Waals surface area contributed by atoms with Gasteiger partial charge in [0.05, 0.1) is 0 Å². The Labute approximate surface area is 172 Å².